The maximum absolute atomic E-state index is 12.2. The van der Waals surface area contributed by atoms with Crippen LogP contribution in [0.25, 0.3) is 0 Å². The number of amides is 2. The van der Waals surface area contributed by atoms with Crippen molar-refractivity contribution in [1.82, 2.24) is 10.2 Å². The zero-order valence-corrected chi connectivity index (χ0v) is 12.1. The molecule has 2 rings (SSSR count). The summed E-state index contributed by atoms with van der Waals surface area (Å²) < 4.78 is 0. The molecule has 1 aliphatic heterocycles. The first-order chi connectivity index (χ1) is 9.69. The number of carbonyl (C=O) groups excluding carboxylic acids is 1. The van der Waals surface area contributed by atoms with Crippen LogP contribution in [0, 0.1) is 5.92 Å². The van der Waals surface area contributed by atoms with Crippen molar-refractivity contribution in [2.75, 3.05) is 19.7 Å². The van der Waals surface area contributed by atoms with E-state index in [9.17, 15) is 9.90 Å². The number of rotatable bonds is 4. The largest absolute Gasteiger partial charge is 0.394 e. The normalized spacial score (nSPS) is 20.5. The Morgan fingerprint density at radius 2 is 2.20 bits per heavy atom. The number of likely N-dealkylation sites (tertiary alicyclic amines) is 1. The van der Waals surface area contributed by atoms with E-state index in [0.29, 0.717) is 12.3 Å². The van der Waals surface area contributed by atoms with Gasteiger partial charge in [-0.05, 0) is 30.7 Å². The highest BCUT2D eigenvalue weighted by molar-refractivity contribution is 5.74. The Kier molecular flexibility index (Phi) is 5.41. The van der Waals surface area contributed by atoms with Crippen LogP contribution in [-0.2, 0) is 6.42 Å². The average molecular weight is 276 g/mol. The third kappa shape index (κ3) is 4.23. The van der Waals surface area contributed by atoms with Gasteiger partial charge >= 0.3 is 6.03 Å². The molecule has 4 heteroatoms. The summed E-state index contributed by atoms with van der Waals surface area (Å²) in [7, 11) is 0. The molecule has 1 aliphatic rings. The first-order valence-electron chi connectivity index (χ1n) is 7.39. The summed E-state index contributed by atoms with van der Waals surface area (Å²) in [6.45, 7) is 3.77. The number of piperidine rings is 1. The highest BCUT2D eigenvalue weighted by Gasteiger charge is 2.22. The maximum Gasteiger partial charge on any atom is 0.317 e. The van der Waals surface area contributed by atoms with Crippen molar-refractivity contribution in [3.05, 3.63) is 35.9 Å². The number of carbonyl (C=O) groups is 1. The number of nitrogens with zero attached hydrogens (tertiary/aromatic N) is 1. The Morgan fingerprint density at radius 3 is 2.85 bits per heavy atom. The van der Waals surface area contributed by atoms with Gasteiger partial charge in [0, 0.05) is 13.1 Å². The molecule has 2 atom stereocenters. The van der Waals surface area contributed by atoms with Gasteiger partial charge in [0.2, 0.25) is 0 Å². The molecule has 2 unspecified atom stereocenters. The van der Waals surface area contributed by atoms with Gasteiger partial charge in [0.25, 0.3) is 0 Å². The fourth-order valence-corrected chi connectivity index (χ4v) is 2.70. The minimum Gasteiger partial charge on any atom is -0.394 e. The van der Waals surface area contributed by atoms with Gasteiger partial charge in [-0.15, -0.1) is 0 Å². The highest BCUT2D eigenvalue weighted by atomic mass is 16.3. The summed E-state index contributed by atoms with van der Waals surface area (Å²) in [6.07, 6.45) is 2.92. The molecule has 4 nitrogen and oxygen atoms in total. The van der Waals surface area contributed by atoms with Crippen molar-refractivity contribution < 1.29 is 9.90 Å². The second-order valence-corrected chi connectivity index (χ2v) is 5.71. The summed E-state index contributed by atoms with van der Waals surface area (Å²) >= 11 is 0. The number of urea groups is 1. The minimum atomic E-state index is -0.220. The van der Waals surface area contributed by atoms with Gasteiger partial charge < -0.3 is 15.3 Å². The van der Waals surface area contributed by atoms with Crippen LogP contribution in [0.1, 0.15) is 25.3 Å². The van der Waals surface area contributed by atoms with Crippen LogP contribution in [0.4, 0.5) is 4.79 Å². The number of hydrogen-bond acceptors (Lipinski definition) is 2. The van der Waals surface area contributed by atoms with Gasteiger partial charge in [0.05, 0.1) is 12.6 Å². The van der Waals surface area contributed by atoms with Crippen LogP contribution in [0.5, 0.6) is 0 Å². The number of benzene rings is 1. The quantitative estimate of drug-likeness (QED) is 0.884. The lowest BCUT2D eigenvalue weighted by molar-refractivity contribution is 0.158. The second-order valence-electron chi connectivity index (χ2n) is 5.71. The van der Waals surface area contributed by atoms with Crippen molar-refractivity contribution >= 4 is 6.03 Å². The van der Waals surface area contributed by atoms with Crippen LogP contribution < -0.4 is 5.32 Å². The third-order valence-corrected chi connectivity index (χ3v) is 3.82. The lowest BCUT2D eigenvalue weighted by atomic mass is 10.0. The Labute approximate surface area is 120 Å². The van der Waals surface area contributed by atoms with Crippen LogP contribution in [0.2, 0.25) is 0 Å². The van der Waals surface area contributed by atoms with Gasteiger partial charge in [-0.2, -0.15) is 0 Å². The van der Waals surface area contributed by atoms with Crippen molar-refractivity contribution in [1.29, 1.82) is 0 Å². The summed E-state index contributed by atoms with van der Waals surface area (Å²) in [4.78, 5) is 14.1. The van der Waals surface area contributed by atoms with Gasteiger partial charge in [-0.1, -0.05) is 37.3 Å². The zero-order valence-electron chi connectivity index (χ0n) is 12.1. The summed E-state index contributed by atoms with van der Waals surface area (Å²) in [5.74, 6) is 0.566. The number of aliphatic hydroxyl groups excluding tert-OH is 1. The van der Waals surface area contributed by atoms with Gasteiger partial charge in [0.15, 0.2) is 0 Å². The monoisotopic (exact) mass is 276 g/mol. The predicted octanol–water partition coefficient (Wildman–Crippen LogP) is 2.03. The molecule has 0 aliphatic carbocycles. The fraction of sp³-hybridized carbons (Fsp3) is 0.562. The van der Waals surface area contributed by atoms with E-state index in [-0.39, 0.29) is 18.7 Å². The molecule has 0 saturated carbocycles. The fourth-order valence-electron chi connectivity index (χ4n) is 2.70. The van der Waals surface area contributed by atoms with Crippen molar-refractivity contribution in [3.8, 4) is 0 Å². The minimum absolute atomic E-state index is 0.0377. The molecule has 20 heavy (non-hydrogen) atoms. The molecule has 0 aromatic heterocycles. The third-order valence-electron chi connectivity index (χ3n) is 3.82. The van der Waals surface area contributed by atoms with Crippen molar-refractivity contribution in [2.24, 2.45) is 5.92 Å². The lowest BCUT2D eigenvalue weighted by Gasteiger charge is -2.32. The summed E-state index contributed by atoms with van der Waals surface area (Å²) in [6, 6.07) is 9.66. The second kappa shape index (κ2) is 7.29. The van der Waals surface area contributed by atoms with E-state index < -0.39 is 0 Å². The van der Waals surface area contributed by atoms with E-state index in [1.165, 1.54) is 6.42 Å². The smallest absolute Gasteiger partial charge is 0.317 e. The molecule has 1 aromatic rings. The van der Waals surface area contributed by atoms with E-state index in [2.05, 4.69) is 12.2 Å². The van der Waals surface area contributed by atoms with E-state index >= 15 is 0 Å². The average Bonchev–Trinajstić information content (AvgIpc) is 2.47. The predicted molar refractivity (Wildman–Crippen MR) is 79.5 cm³/mol. The Balaban J connectivity index is 1.87. The van der Waals surface area contributed by atoms with Gasteiger partial charge in [-0.3, -0.25) is 0 Å². The number of nitrogens with one attached hydrogen (secondary N) is 1. The van der Waals surface area contributed by atoms with E-state index in [1.807, 2.05) is 35.2 Å². The number of aliphatic hydroxyl groups is 1. The molecule has 1 fully saturated rings. The molecule has 2 N–H and O–H groups in total. The van der Waals surface area contributed by atoms with Gasteiger partial charge in [0.1, 0.15) is 0 Å². The first-order valence-corrected chi connectivity index (χ1v) is 7.39. The lowest BCUT2D eigenvalue weighted by Crippen LogP contribution is -2.49. The van der Waals surface area contributed by atoms with Crippen LogP contribution in [0.3, 0.4) is 0 Å². The molecule has 0 radical (unpaired) electrons. The van der Waals surface area contributed by atoms with E-state index in [1.54, 1.807) is 0 Å². The first kappa shape index (κ1) is 14.9. The zero-order chi connectivity index (χ0) is 14.4. The number of hydrogen-bond donors (Lipinski definition) is 2. The molecule has 1 saturated heterocycles. The van der Waals surface area contributed by atoms with Crippen LogP contribution in [-0.4, -0.2) is 41.8 Å². The summed E-state index contributed by atoms with van der Waals surface area (Å²) in [5, 5.41) is 12.4. The summed E-state index contributed by atoms with van der Waals surface area (Å²) in [5.41, 5.74) is 1.12. The molecule has 1 aromatic carbocycles. The standard InChI is InChI=1S/C16H24N2O2/c1-13-6-5-9-18(11-13)16(20)17-15(12-19)10-14-7-3-2-4-8-14/h2-4,7-8,13,15,19H,5-6,9-12H2,1H3,(H,17,20). The SMILES string of the molecule is CC1CCCN(C(=O)NC(CO)Cc2ccccc2)C1. The maximum atomic E-state index is 12.2. The van der Waals surface area contributed by atoms with Crippen molar-refractivity contribution in [2.45, 2.75) is 32.2 Å². The molecule has 0 bridgehead atoms. The Hall–Kier alpha value is -1.55. The highest BCUT2D eigenvalue weighted by Crippen LogP contribution is 2.15. The molecule has 1 heterocycles. The van der Waals surface area contributed by atoms with Gasteiger partial charge in [-0.25, -0.2) is 4.79 Å². The molecular weight excluding hydrogens is 252 g/mol. The van der Waals surface area contributed by atoms with Crippen LogP contribution in [0.15, 0.2) is 30.3 Å². The molecular formula is C16H24N2O2. The molecule has 110 valence electrons. The molecule has 0 spiro atoms. The Bertz CT molecular complexity index is 422. The van der Waals surface area contributed by atoms with E-state index in [0.717, 1.165) is 25.1 Å². The molecule has 2 amide bonds. The van der Waals surface area contributed by atoms with E-state index in [4.69, 9.17) is 0 Å². The Morgan fingerprint density at radius 1 is 1.45 bits per heavy atom. The van der Waals surface area contributed by atoms with Crippen molar-refractivity contribution in [3.63, 3.8) is 0 Å². The van der Waals surface area contributed by atoms with Crippen LogP contribution >= 0.6 is 0 Å². The topological polar surface area (TPSA) is 52.6 Å².